The topological polar surface area (TPSA) is 165 Å². The molecule has 53 heavy (non-hydrogen) atoms. The third kappa shape index (κ3) is 11.6. The Bertz CT molecular complexity index is 1680. The van der Waals surface area contributed by atoms with Gasteiger partial charge in [-0.2, -0.15) is 13.2 Å². The number of carbonyl (C=O) groups is 2. The third-order valence-electron chi connectivity index (χ3n) is 7.56. The molecule has 5 atom stereocenters. The lowest BCUT2D eigenvalue weighted by molar-refractivity contribution is -0.173. The van der Waals surface area contributed by atoms with E-state index in [4.69, 9.17) is 35.9 Å². The zero-order valence-corrected chi connectivity index (χ0v) is 30.6. The van der Waals surface area contributed by atoms with Gasteiger partial charge in [-0.3, -0.25) is 14.2 Å². The van der Waals surface area contributed by atoms with Crippen LogP contribution in [0.1, 0.15) is 52.6 Å². The van der Waals surface area contributed by atoms with Crippen molar-refractivity contribution in [2.24, 2.45) is 0 Å². The van der Waals surface area contributed by atoms with E-state index in [0.29, 0.717) is 11.2 Å². The Balaban J connectivity index is 1.55. The minimum atomic E-state index is -4.98. The molecule has 2 amide bonds. The molecule has 2 aromatic heterocycles. The number of rotatable bonds is 20. The summed E-state index contributed by atoms with van der Waals surface area (Å²) in [6.45, 7) is 14.4. The van der Waals surface area contributed by atoms with Crippen LogP contribution in [0.25, 0.3) is 16.0 Å². The molecule has 2 N–H and O–H groups in total. The molecule has 4 rings (SSSR count). The summed E-state index contributed by atoms with van der Waals surface area (Å²) in [5.41, 5.74) is 0.983. The van der Waals surface area contributed by atoms with Crippen LogP contribution in [0.4, 0.5) is 19.0 Å². The number of anilines is 1. The van der Waals surface area contributed by atoms with E-state index in [-0.39, 0.29) is 76.6 Å². The van der Waals surface area contributed by atoms with Gasteiger partial charge >= 0.3 is 12.1 Å². The molecule has 1 fully saturated rings. The maximum Gasteiger partial charge on any atom is 0.471 e. The number of imidazole rings is 1. The lowest BCUT2D eigenvalue weighted by Gasteiger charge is -2.37. The lowest BCUT2D eigenvalue weighted by Crippen LogP contribution is -2.40. The second kappa shape index (κ2) is 20.0. The van der Waals surface area contributed by atoms with Crippen molar-refractivity contribution < 1.29 is 52.1 Å². The number of aromatic nitrogens is 4. The van der Waals surface area contributed by atoms with Gasteiger partial charge in [0.1, 0.15) is 31.9 Å². The molecule has 1 unspecified atom stereocenters. The average Bonchev–Trinajstić information content (AvgIpc) is 3.72. The SMILES string of the molecule is [2H]C[C@H]1O[C@@H](n2cnc3c(NC(=O)c4ccccc4)ncnc32)[C@H](OCOCCOCCNC(=O)C(F)(F)F)[C@@H]1OP(OCC[N+]#[C-])N(C(C)C)C(C)C. The van der Waals surface area contributed by atoms with Crippen molar-refractivity contribution in [2.75, 3.05) is 51.6 Å². The zero-order chi connectivity index (χ0) is 39.3. The highest BCUT2D eigenvalue weighted by Crippen LogP contribution is 2.50. The van der Waals surface area contributed by atoms with Gasteiger partial charge in [0.2, 0.25) is 6.54 Å². The summed E-state index contributed by atoms with van der Waals surface area (Å²) < 4.78 is 85.5. The van der Waals surface area contributed by atoms with E-state index in [1.54, 1.807) is 40.2 Å². The molecule has 0 bridgehead atoms. The molecule has 1 aromatic carbocycles. The molecule has 0 saturated carbocycles. The molecule has 3 heterocycles. The number of hydrogen-bond donors (Lipinski definition) is 2. The van der Waals surface area contributed by atoms with Gasteiger partial charge in [0.25, 0.3) is 14.4 Å². The van der Waals surface area contributed by atoms with Crippen molar-refractivity contribution in [3.8, 4) is 0 Å². The number of hydrogen-bond acceptors (Lipinski definition) is 12. The van der Waals surface area contributed by atoms with Gasteiger partial charge in [0, 0.05) is 25.6 Å². The maximum absolute atomic E-state index is 13.0. The Morgan fingerprint density at radius 3 is 2.49 bits per heavy atom. The Kier molecular flexibility index (Phi) is 15.2. The van der Waals surface area contributed by atoms with Crippen molar-refractivity contribution in [3.63, 3.8) is 0 Å². The van der Waals surface area contributed by atoms with E-state index in [1.165, 1.54) is 12.7 Å². The van der Waals surface area contributed by atoms with Gasteiger partial charge in [0.05, 0.1) is 32.3 Å². The second-order valence-electron chi connectivity index (χ2n) is 12.0. The molecule has 16 nitrogen and oxygen atoms in total. The predicted octanol–water partition coefficient (Wildman–Crippen LogP) is 4.72. The lowest BCUT2D eigenvalue weighted by atomic mass is 10.1. The number of nitrogens with zero attached hydrogens (tertiary/aromatic N) is 6. The number of halogens is 3. The fraction of sp³-hybridized carbons (Fsp3) is 0.576. The van der Waals surface area contributed by atoms with Crippen LogP contribution in [-0.4, -0.2) is 119 Å². The summed E-state index contributed by atoms with van der Waals surface area (Å²) in [5, 5.41) is 4.49. The Labute approximate surface area is 307 Å². The highest BCUT2D eigenvalue weighted by atomic mass is 31.2. The number of alkyl halides is 3. The molecule has 20 heteroatoms. The summed E-state index contributed by atoms with van der Waals surface area (Å²) >= 11 is 0. The third-order valence-corrected chi connectivity index (χ3v) is 9.68. The van der Waals surface area contributed by atoms with E-state index >= 15 is 0 Å². The van der Waals surface area contributed by atoms with Crippen molar-refractivity contribution in [3.05, 3.63) is 60.0 Å². The van der Waals surface area contributed by atoms with Crippen LogP contribution in [0.5, 0.6) is 0 Å². The van der Waals surface area contributed by atoms with Crippen molar-refractivity contribution >= 4 is 37.3 Å². The van der Waals surface area contributed by atoms with Crippen LogP contribution in [0.2, 0.25) is 0 Å². The van der Waals surface area contributed by atoms with Crippen LogP contribution >= 0.6 is 8.53 Å². The van der Waals surface area contributed by atoms with Gasteiger partial charge in [-0.25, -0.2) is 26.2 Å². The molecule has 3 aromatic rings. The van der Waals surface area contributed by atoms with E-state index in [9.17, 15) is 22.8 Å². The minimum Gasteiger partial charge on any atom is -0.377 e. The van der Waals surface area contributed by atoms with Crippen LogP contribution in [0.3, 0.4) is 0 Å². The van der Waals surface area contributed by atoms with E-state index in [2.05, 4.69) is 25.1 Å². The largest absolute Gasteiger partial charge is 0.471 e. The number of benzene rings is 1. The Morgan fingerprint density at radius 2 is 1.81 bits per heavy atom. The molecular weight excluding hydrogens is 724 g/mol. The molecule has 0 spiro atoms. The number of ether oxygens (including phenoxy) is 4. The fourth-order valence-corrected chi connectivity index (χ4v) is 7.03. The van der Waals surface area contributed by atoms with Crippen molar-refractivity contribution in [1.82, 2.24) is 29.5 Å². The van der Waals surface area contributed by atoms with Crippen molar-refractivity contribution in [1.29, 1.82) is 0 Å². The minimum absolute atomic E-state index is 0.00845. The zero-order valence-electron chi connectivity index (χ0n) is 30.7. The summed E-state index contributed by atoms with van der Waals surface area (Å²) in [4.78, 5) is 40.4. The van der Waals surface area contributed by atoms with Crippen LogP contribution in [0, 0.1) is 6.57 Å². The number of carbonyl (C=O) groups excluding carboxylic acids is 2. The summed E-state index contributed by atoms with van der Waals surface area (Å²) in [6, 6.07) is 8.56. The first kappa shape index (κ1) is 40.3. The number of amides is 2. The highest BCUT2D eigenvalue weighted by Gasteiger charge is 2.48. The maximum atomic E-state index is 13.0. The highest BCUT2D eigenvalue weighted by molar-refractivity contribution is 7.44. The Morgan fingerprint density at radius 1 is 1.08 bits per heavy atom. The van der Waals surface area contributed by atoms with Gasteiger partial charge in [-0.05, 0) is 46.7 Å². The predicted molar refractivity (Wildman–Crippen MR) is 186 cm³/mol. The molecule has 1 aliphatic rings. The van der Waals surface area contributed by atoms with Crippen LogP contribution in [-0.2, 0) is 32.8 Å². The molecule has 1 aliphatic heterocycles. The molecule has 1 saturated heterocycles. The molecular formula is C33H44F3N8O8P. The van der Waals surface area contributed by atoms with E-state index < -0.39 is 51.1 Å². The first-order valence-corrected chi connectivity index (χ1v) is 17.8. The standard InChI is InChI=1S/C33H44F3N8O8P/c1-21(2)44(22(3)4)53(50-15-12-37-6)52-26-23(5)51-31(27(26)49-20-48-17-16-47-14-13-38-32(46)33(34,35)36)43-19-41-25-28(39-18-40-29(25)43)42-30(45)24-10-8-7-9-11-24/h7-11,18-19,21-23,26-27,31H,12-17,20H2,1-5H3,(H,38,46)(H,39,40,42,45)/t23-,26-,27-,31-,53?/m1/s1/i5D. The quantitative estimate of drug-likeness (QED) is 0.0705. The van der Waals surface area contributed by atoms with Gasteiger partial charge in [0.15, 0.2) is 23.2 Å². The molecule has 0 aliphatic carbocycles. The smallest absolute Gasteiger partial charge is 0.377 e. The van der Waals surface area contributed by atoms with Crippen LogP contribution < -0.4 is 10.6 Å². The monoisotopic (exact) mass is 769 g/mol. The van der Waals surface area contributed by atoms with Crippen molar-refractivity contribution in [2.45, 2.75) is 77.4 Å². The summed E-state index contributed by atoms with van der Waals surface area (Å²) in [6.07, 6.45) is -5.88. The van der Waals surface area contributed by atoms with Gasteiger partial charge in [-0.1, -0.05) is 18.2 Å². The first-order valence-electron chi connectivity index (χ1n) is 17.4. The number of fused-ring (bicyclic) bond motifs is 1. The molecule has 290 valence electrons. The molecule has 0 radical (unpaired) electrons. The fourth-order valence-electron chi connectivity index (χ4n) is 5.27. The van der Waals surface area contributed by atoms with E-state index in [0.717, 1.165) is 0 Å². The Hall–Kier alpha value is -3.86. The van der Waals surface area contributed by atoms with Gasteiger partial charge in [-0.15, -0.1) is 0 Å². The summed E-state index contributed by atoms with van der Waals surface area (Å²) in [7, 11) is -1.79. The average molecular weight is 770 g/mol. The van der Waals surface area contributed by atoms with Crippen LogP contribution in [0.15, 0.2) is 43.0 Å². The second-order valence-corrected chi connectivity index (χ2v) is 13.5. The van der Waals surface area contributed by atoms with Gasteiger partial charge < -0.3 is 43.5 Å². The summed E-state index contributed by atoms with van der Waals surface area (Å²) in [5.74, 6) is -2.29. The first-order chi connectivity index (χ1) is 25.9. The normalized spacial score (nSPS) is 19.8. The van der Waals surface area contributed by atoms with E-state index in [1.807, 2.05) is 32.4 Å². The number of nitrogens with one attached hydrogen (secondary N) is 2.